The molecule has 0 aliphatic carbocycles. The molecule has 9 heteroatoms. The first-order valence-corrected chi connectivity index (χ1v) is 8.76. The number of halogens is 2. The number of aliphatic hydroxyl groups is 1. The molecule has 26 heavy (non-hydrogen) atoms. The van der Waals surface area contributed by atoms with E-state index in [0.29, 0.717) is 19.5 Å². The number of carbonyl (C=O) groups excluding carboxylic acids is 1. The van der Waals surface area contributed by atoms with Crippen molar-refractivity contribution in [2.75, 3.05) is 57.3 Å². The van der Waals surface area contributed by atoms with E-state index in [1.807, 2.05) is 24.4 Å². The molecule has 2 fully saturated rings. The summed E-state index contributed by atoms with van der Waals surface area (Å²) >= 11 is 0. The van der Waals surface area contributed by atoms with Crippen LogP contribution < -0.4 is 15.5 Å². The predicted octanol–water partition coefficient (Wildman–Crippen LogP) is 0.134. The van der Waals surface area contributed by atoms with Crippen molar-refractivity contribution in [3.05, 3.63) is 24.4 Å². The lowest BCUT2D eigenvalue weighted by Crippen LogP contribution is -2.47. The van der Waals surface area contributed by atoms with E-state index in [2.05, 4.69) is 25.4 Å². The zero-order valence-corrected chi connectivity index (χ0v) is 16.5. The van der Waals surface area contributed by atoms with Crippen LogP contribution in [0.1, 0.15) is 6.42 Å². The third-order valence-electron chi connectivity index (χ3n) is 4.87. The molecule has 1 aromatic heterocycles. The number of piperazine rings is 1. The first-order chi connectivity index (χ1) is 11.7. The van der Waals surface area contributed by atoms with Crippen LogP contribution in [0.25, 0.3) is 0 Å². The highest BCUT2D eigenvalue weighted by Gasteiger charge is 2.25. The average Bonchev–Trinajstić information content (AvgIpc) is 3.04. The highest BCUT2D eigenvalue weighted by atomic mass is 35.5. The normalized spacial score (nSPS) is 23.0. The van der Waals surface area contributed by atoms with Gasteiger partial charge in [0, 0.05) is 70.9 Å². The van der Waals surface area contributed by atoms with Crippen molar-refractivity contribution >= 4 is 36.5 Å². The predicted molar refractivity (Wildman–Crippen MR) is 107 cm³/mol. The standard InChI is InChI=1S/C17H27N5O2.2ClH/c23-15-13-18-11-14(15)12-20-17(24)4-6-21-7-9-22(10-8-21)16-3-1-2-5-19-16;;/h1-3,5,14-15,18,23H,4,6-13H2,(H,20,24);2*1H. The molecule has 0 aromatic carbocycles. The van der Waals surface area contributed by atoms with Gasteiger partial charge in [0.2, 0.25) is 5.91 Å². The molecule has 3 N–H and O–H groups in total. The summed E-state index contributed by atoms with van der Waals surface area (Å²) in [7, 11) is 0. The molecule has 2 unspecified atom stereocenters. The molecule has 1 amide bonds. The molecule has 0 radical (unpaired) electrons. The Kier molecular flexibility index (Phi) is 10.2. The molecule has 3 heterocycles. The minimum atomic E-state index is -0.343. The van der Waals surface area contributed by atoms with Gasteiger partial charge in [-0.2, -0.15) is 0 Å². The summed E-state index contributed by atoms with van der Waals surface area (Å²) in [6.45, 7) is 6.53. The molecule has 0 saturated carbocycles. The highest BCUT2D eigenvalue weighted by Crippen LogP contribution is 2.12. The van der Waals surface area contributed by atoms with E-state index in [0.717, 1.165) is 45.1 Å². The Morgan fingerprint density at radius 1 is 1.23 bits per heavy atom. The van der Waals surface area contributed by atoms with Crippen LogP contribution >= 0.6 is 24.8 Å². The molecule has 3 rings (SSSR count). The van der Waals surface area contributed by atoms with Crippen molar-refractivity contribution in [2.45, 2.75) is 12.5 Å². The number of aromatic nitrogens is 1. The molecular weight excluding hydrogens is 377 g/mol. The van der Waals surface area contributed by atoms with Gasteiger partial charge in [-0.15, -0.1) is 24.8 Å². The molecule has 0 bridgehead atoms. The van der Waals surface area contributed by atoms with Crippen LogP contribution in [-0.2, 0) is 4.79 Å². The molecule has 2 saturated heterocycles. The summed E-state index contributed by atoms with van der Waals surface area (Å²) in [4.78, 5) is 21.0. The van der Waals surface area contributed by atoms with Crippen LogP contribution in [0, 0.1) is 5.92 Å². The van der Waals surface area contributed by atoms with Crippen LogP contribution in [0.2, 0.25) is 0 Å². The number of aliphatic hydroxyl groups excluding tert-OH is 1. The van der Waals surface area contributed by atoms with Gasteiger partial charge in [-0.1, -0.05) is 6.07 Å². The summed E-state index contributed by atoms with van der Waals surface area (Å²) in [6.07, 6.45) is 1.99. The van der Waals surface area contributed by atoms with Gasteiger partial charge in [-0.3, -0.25) is 9.69 Å². The van der Waals surface area contributed by atoms with E-state index >= 15 is 0 Å². The molecule has 2 aliphatic rings. The number of β-amino-alcohol motifs (C(OH)–C–C–N with tert-alkyl or cyclic N) is 1. The van der Waals surface area contributed by atoms with E-state index in [4.69, 9.17) is 0 Å². The largest absolute Gasteiger partial charge is 0.391 e. The summed E-state index contributed by atoms with van der Waals surface area (Å²) in [6, 6.07) is 5.98. The summed E-state index contributed by atoms with van der Waals surface area (Å²) in [5, 5.41) is 15.8. The Hall–Kier alpha value is -1.12. The van der Waals surface area contributed by atoms with Crippen LogP contribution in [0.3, 0.4) is 0 Å². The molecular formula is C17H29Cl2N5O2. The summed E-state index contributed by atoms with van der Waals surface area (Å²) < 4.78 is 0. The van der Waals surface area contributed by atoms with Crippen molar-refractivity contribution < 1.29 is 9.90 Å². The fraction of sp³-hybridized carbons (Fsp3) is 0.647. The molecule has 0 spiro atoms. The van der Waals surface area contributed by atoms with Crippen molar-refractivity contribution in [2.24, 2.45) is 5.92 Å². The Bertz CT molecular complexity index is 529. The number of nitrogens with one attached hydrogen (secondary N) is 2. The van der Waals surface area contributed by atoms with Crippen LogP contribution in [0.4, 0.5) is 5.82 Å². The second kappa shape index (κ2) is 11.6. The second-order valence-electron chi connectivity index (χ2n) is 6.56. The van der Waals surface area contributed by atoms with E-state index in [9.17, 15) is 9.90 Å². The average molecular weight is 406 g/mol. The van der Waals surface area contributed by atoms with E-state index in [1.165, 1.54) is 0 Å². The minimum Gasteiger partial charge on any atom is -0.391 e. The summed E-state index contributed by atoms with van der Waals surface area (Å²) in [5.41, 5.74) is 0. The van der Waals surface area contributed by atoms with Crippen LogP contribution in [-0.4, -0.2) is 79.4 Å². The third-order valence-corrected chi connectivity index (χ3v) is 4.87. The first-order valence-electron chi connectivity index (χ1n) is 8.76. The Morgan fingerprint density at radius 2 is 2.00 bits per heavy atom. The fourth-order valence-corrected chi connectivity index (χ4v) is 3.26. The number of nitrogens with zero attached hydrogens (tertiary/aromatic N) is 3. The van der Waals surface area contributed by atoms with Crippen molar-refractivity contribution in [1.29, 1.82) is 0 Å². The number of pyridine rings is 1. The molecule has 1 aromatic rings. The maximum Gasteiger partial charge on any atom is 0.221 e. The topological polar surface area (TPSA) is 80.7 Å². The summed E-state index contributed by atoms with van der Waals surface area (Å²) in [5.74, 6) is 1.23. The van der Waals surface area contributed by atoms with E-state index < -0.39 is 0 Å². The Labute approximate surface area is 167 Å². The van der Waals surface area contributed by atoms with Gasteiger partial charge in [0.25, 0.3) is 0 Å². The maximum absolute atomic E-state index is 12.0. The molecule has 148 valence electrons. The minimum absolute atomic E-state index is 0. The smallest absolute Gasteiger partial charge is 0.221 e. The van der Waals surface area contributed by atoms with Gasteiger partial charge in [0.1, 0.15) is 5.82 Å². The van der Waals surface area contributed by atoms with E-state index in [-0.39, 0.29) is 42.7 Å². The van der Waals surface area contributed by atoms with Crippen molar-refractivity contribution in [3.63, 3.8) is 0 Å². The van der Waals surface area contributed by atoms with Gasteiger partial charge in [0.15, 0.2) is 0 Å². The van der Waals surface area contributed by atoms with Gasteiger partial charge < -0.3 is 20.6 Å². The van der Waals surface area contributed by atoms with Crippen molar-refractivity contribution in [3.8, 4) is 0 Å². The molecule has 2 aliphatic heterocycles. The lowest BCUT2D eigenvalue weighted by Gasteiger charge is -2.35. The third kappa shape index (κ3) is 6.55. The fourth-order valence-electron chi connectivity index (χ4n) is 3.26. The number of amides is 1. The van der Waals surface area contributed by atoms with Crippen LogP contribution in [0.5, 0.6) is 0 Å². The zero-order chi connectivity index (χ0) is 16.8. The number of hydrogen-bond donors (Lipinski definition) is 3. The zero-order valence-electron chi connectivity index (χ0n) is 14.8. The van der Waals surface area contributed by atoms with Crippen LogP contribution in [0.15, 0.2) is 24.4 Å². The highest BCUT2D eigenvalue weighted by molar-refractivity contribution is 5.85. The first kappa shape index (κ1) is 22.9. The quantitative estimate of drug-likeness (QED) is 0.624. The van der Waals surface area contributed by atoms with Gasteiger partial charge >= 0.3 is 0 Å². The van der Waals surface area contributed by atoms with Crippen molar-refractivity contribution in [1.82, 2.24) is 20.5 Å². The monoisotopic (exact) mass is 405 g/mol. The SMILES string of the molecule is Cl.Cl.O=C(CCN1CCN(c2ccccn2)CC1)NCC1CNCC1O. The molecule has 2 atom stereocenters. The van der Waals surface area contributed by atoms with Gasteiger partial charge in [0.05, 0.1) is 6.10 Å². The number of rotatable bonds is 6. The van der Waals surface area contributed by atoms with Gasteiger partial charge in [-0.25, -0.2) is 4.98 Å². The lowest BCUT2D eigenvalue weighted by atomic mass is 10.1. The lowest BCUT2D eigenvalue weighted by molar-refractivity contribution is -0.121. The Balaban J connectivity index is 0.00000169. The number of anilines is 1. The number of carbonyl (C=O) groups is 1. The van der Waals surface area contributed by atoms with Gasteiger partial charge in [-0.05, 0) is 12.1 Å². The molecule has 7 nitrogen and oxygen atoms in total. The second-order valence-corrected chi connectivity index (χ2v) is 6.56. The maximum atomic E-state index is 12.0. The number of hydrogen-bond acceptors (Lipinski definition) is 6. The Morgan fingerprint density at radius 3 is 2.62 bits per heavy atom. The van der Waals surface area contributed by atoms with E-state index in [1.54, 1.807) is 0 Å².